The summed E-state index contributed by atoms with van der Waals surface area (Å²) in [6.45, 7) is 0.460. The fourth-order valence-electron chi connectivity index (χ4n) is 2.76. The Morgan fingerprint density at radius 2 is 1.90 bits per heavy atom. The number of halogens is 3. The molecule has 0 atom stereocenters. The molecule has 1 aliphatic carbocycles. The van der Waals surface area contributed by atoms with Crippen LogP contribution in [0, 0.1) is 0 Å². The molecule has 1 aromatic carbocycles. The number of ether oxygens (including phenoxy) is 1. The monoisotopic (exact) mass is 303 g/mol. The molecule has 0 bridgehead atoms. The van der Waals surface area contributed by atoms with Crippen LogP contribution in [0.4, 0.5) is 13.2 Å². The van der Waals surface area contributed by atoms with Crippen LogP contribution in [0.5, 0.6) is 5.75 Å². The quantitative estimate of drug-likeness (QED) is 0.876. The second-order valence-electron chi connectivity index (χ2n) is 5.55. The third-order valence-electron chi connectivity index (χ3n) is 3.91. The van der Waals surface area contributed by atoms with Crippen LogP contribution in [0.25, 0.3) is 0 Å². The number of alkyl halides is 3. The van der Waals surface area contributed by atoms with Crippen molar-refractivity contribution in [2.45, 2.75) is 50.6 Å². The highest BCUT2D eigenvalue weighted by Gasteiger charge is 2.32. The summed E-state index contributed by atoms with van der Waals surface area (Å²) < 4.78 is 40.5. The number of benzene rings is 1. The Bertz CT molecular complexity index is 456. The molecular formula is C15H20F3NO2. The van der Waals surface area contributed by atoms with E-state index in [0.717, 1.165) is 25.7 Å². The van der Waals surface area contributed by atoms with Crippen molar-refractivity contribution in [1.29, 1.82) is 0 Å². The van der Waals surface area contributed by atoms with Gasteiger partial charge in [0.2, 0.25) is 0 Å². The van der Waals surface area contributed by atoms with E-state index in [1.165, 1.54) is 24.6 Å². The topological polar surface area (TPSA) is 41.5 Å². The highest BCUT2D eigenvalue weighted by atomic mass is 19.4. The summed E-state index contributed by atoms with van der Waals surface area (Å²) in [7, 11) is 0. The highest BCUT2D eigenvalue weighted by Crippen LogP contribution is 2.28. The van der Waals surface area contributed by atoms with E-state index in [9.17, 15) is 18.3 Å². The normalized spacial score (nSPS) is 18.5. The van der Waals surface area contributed by atoms with Gasteiger partial charge in [-0.3, -0.25) is 0 Å². The lowest BCUT2D eigenvalue weighted by atomic mass is 9.82. The molecule has 0 heterocycles. The second-order valence-corrected chi connectivity index (χ2v) is 5.55. The van der Waals surface area contributed by atoms with E-state index in [1.54, 1.807) is 6.07 Å². The van der Waals surface area contributed by atoms with Gasteiger partial charge >= 0.3 is 6.36 Å². The zero-order chi connectivity index (χ0) is 15.3. The molecule has 0 amide bonds. The molecule has 0 radical (unpaired) electrons. The summed E-state index contributed by atoms with van der Waals surface area (Å²) in [5, 5.41) is 12.9. The molecule has 0 aliphatic heterocycles. The van der Waals surface area contributed by atoms with Crippen molar-refractivity contribution in [1.82, 2.24) is 5.32 Å². The molecule has 21 heavy (non-hydrogen) atoms. The molecule has 0 saturated heterocycles. The molecule has 1 aliphatic rings. The molecule has 6 heteroatoms. The average Bonchev–Trinajstić information content (AvgIpc) is 2.45. The van der Waals surface area contributed by atoms with Crippen LogP contribution in [-0.4, -0.2) is 23.6 Å². The standard InChI is InChI=1S/C15H20F3NO2/c16-15(17,18)21-13-6-4-5-12(9-13)10-19-14(11-20)7-2-1-3-8-14/h4-6,9,19-20H,1-3,7-8,10-11H2. The zero-order valence-electron chi connectivity index (χ0n) is 11.7. The van der Waals surface area contributed by atoms with E-state index < -0.39 is 6.36 Å². The Morgan fingerprint density at radius 3 is 2.52 bits per heavy atom. The minimum atomic E-state index is -4.68. The molecule has 0 aromatic heterocycles. The number of hydrogen-bond acceptors (Lipinski definition) is 3. The van der Waals surface area contributed by atoms with E-state index in [0.29, 0.717) is 12.1 Å². The minimum absolute atomic E-state index is 0.0474. The Morgan fingerprint density at radius 1 is 1.19 bits per heavy atom. The predicted molar refractivity (Wildman–Crippen MR) is 72.9 cm³/mol. The molecule has 3 nitrogen and oxygen atoms in total. The van der Waals surface area contributed by atoms with E-state index in [2.05, 4.69) is 10.1 Å². The molecule has 2 rings (SSSR count). The van der Waals surface area contributed by atoms with Gasteiger partial charge in [0.05, 0.1) is 6.61 Å². The fraction of sp³-hybridized carbons (Fsp3) is 0.600. The van der Waals surface area contributed by atoms with Gasteiger partial charge in [-0.25, -0.2) is 0 Å². The van der Waals surface area contributed by atoms with Gasteiger partial charge in [0.25, 0.3) is 0 Å². The molecule has 2 N–H and O–H groups in total. The van der Waals surface area contributed by atoms with Crippen LogP contribution in [0.15, 0.2) is 24.3 Å². The molecule has 1 fully saturated rings. The third-order valence-corrected chi connectivity index (χ3v) is 3.91. The van der Waals surface area contributed by atoms with Gasteiger partial charge in [-0.2, -0.15) is 0 Å². The first-order valence-corrected chi connectivity index (χ1v) is 7.13. The van der Waals surface area contributed by atoms with Crippen LogP contribution in [-0.2, 0) is 6.54 Å². The number of rotatable bonds is 5. The maximum absolute atomic E-state index is 12.2. The smallest absolute Gasteiger partial charge is 0.406 e. The lowest BCUT2D eigenvalue weighted by Gasteiger charge is -2.36. The first-order valence-electron chi connectivity index (χ1n) is 7.13. The highest BCUT2D eigenvalue weighted by molar-refractivity contribution is 5.28. The largest absolute Gasteiger partial charge is 0.573 e. The third kappa shape index (κ3) is 4.89. The van der Waals surface area contributed by atoms with Crippen molar-refractivity contribution in [3.8, 4) is 5.75 Å². The SMILES string of the molecule is OCC1(NCc2cccc(OC(F)(F)F)c2)CCCCC1. The molecular weight excluding hydrogens is 283 g/mol. The van der Waals surface area contributed by atoms with Gasteiger partial charge < -0.3 is 15.2 Å². The van der Waals surface area contributed by atoms with E-state index in [-0.39, 0.29) is 17.9 Å². The van der Waals surface area contributed by atoms with Crippen molar-refractivity contribution >= 4 is 0 Å². The molecule has 118 valence electrons. The predicted octanol–water partition coefficient (Wildman–Crippen LogP) is 3.37. The molecule has 1 saturated carbocycles. The Labute approximate surface area is 122 Å². The Hall–Kier alpha value is -1.27. The lowest BCUT2D eigenvalue weighted by Crippen LogP contribution is -2.49. The number of aliphatic hydroxyl groups is 1. The summed E-state index contributed by atoms with van der Waals surface area (Å²) in [6.07, 6.45) is 0.389. The van der Waals surface area contributed by atoms with Crippen LogP contribution in [0.3, 0.4) is 0 Å². The molecule has 1 aromatic rings. The van der Waals surface area contributed by atoms with Crippen molar-refractivity contribution < 1.29 is 23.0 Å². The van der Waals surface area contributed by atoms with Crippen LogP contribution in [0.1, 0.15) is 37.7 Å². The van der Waals surface area contributed by atoms with Crippen molar-refractivity contribution in [2.75, 3.05) is 6.61 Å². The first-order chi connectivity index (χ1) is 9.92. The summed E-state index contributed by atoms with van der Waals surface area (Å²) in [5.74, 6) is -0.219. The van der Waals surface area contributed by atoms with Gasteiger partial charge in [-0.15, -0.1) is 13.2 Å². The van der Waals surface area contributed by atoms with Gasteiger partial charge in [-0.05, 0) is 30.5 Å². The number of hydrogen-bond donors (Lipinski definition) is 2. The van der Waals surface area contributed by atoms with E-state index >= 15 is 0 Å². The summed E-state index contributed by atoms with van der Waals surface area (Å²) >= 11 is 0. The van der Waals surface area contributed by atoms with Crippen molar-refractivity contribution in [3.63, 3.8) is 0 Å². The van der Waals surface area contributed by atoms with Gasteiger partial charge in [-0.1, -0.05) is 31.4 Å². The Kier molecular flexibility index (Phi) is 5.11. The van der Waals surface area contributed by atoms with E-state index in [1.807, 2.05) is 0 Å². The van der Waals surface area contributed by atoms with Crippen LogP contribution >= 0.6 is 0 Å². The van der Waals surface area contributed by atoms with Gasteiger partial charge in [0.1, 0.15) is 5.75 Å². The van der Waals surface area contributed by atoms with Crippen molar-refractivity contribution in [3.05, 3.63) is 29.8 Å². The maximum Gasteiger partial charge on any atom is 0.573 e. The summed E-state index contributed by atoms with van der Waals surface area (Å²) in [5.41, 5.74) is 0.397. The van der Waals surface area contributed by atoms with Crippen LogP contribution < -0.4 is 10.1 Å². The maximum atomic E-state index is 12.2. The van der Waals surface area contributed by atoms with Crippen molar-refractivity contribution in [2.24, 2.45) is 0 Å². The number of aliphatic hydroxyl groups excluding tert-OH is 1. The Balaban J connectivity index is 1.97. The van der Waals surface area contributed by atoms with E-state index in [4.69, 9.17) is 0 Å². The van der Waals surface area contributed by atoms with Crippen LogP contribution in [0.2, 0.25) is 0 Å². The van der Waals surface area contributed by atoms with Gasteiger partial charge in [0.15, 0.2) is 0 Å². The molecule has 0 spiro atoms. The minimum Gasteiger partial charge on any atom is -0.406 e. The second kappa shape index (κ2) is 6.66. The first kappa shape index (κ1) is 16.1. The number of nitrogens with one attached hydrogen (secondary N) is 1. The average molecular weight is 303 g/mol. The summed E-state index contributed by atoms with van der Waals surface area (Å²) in [6, 6.07) is 5.92. The van der Waals surface area contributed by atoms with Gasteiger partial charge in [0, 0.05) is 12.1 Å². The zero-order valence-corrected chi connectivity index (χ0v) is 11.7. The summed E-state index contributed by atoms with van der Waals surface area (Å²) in [4.78, 5) is 0. The lowest BCUT2D eigenvalue weighted by molar-refractivity contribution is -0.274. The molecule has 0 unspecified atom stereocenters. The fourth-order valence-corrected chi connectivity index (χ4v) is 2.76.